The molecule has 9 heteroatoms. The van der Waals surface area contributed by atoms with Gasteiger partial charge in [-0.25, -0.2) is 4.98 Å². The van der Waals surface area contributed by atoms with E-state index in [-0.39, 0.29) is 11.3 Å². The van der Waals surface area contributed by atoms with Gasteiger partial charge in [0.05, 0.1) is 12.0 Å². The van der Waals surface area contributed by atoms with Crippen LogP contribution in [0.3, 0.4) is 0 Å². The van der Waals surface area contributed by atoms with Gasteiger partial charge in [-0.3, -0.25) is 20.2 Å². The number of nitrogens with one attached hydrogen (secondary N) is 1. The number of rotatable bonds is 5. The van der Waals surface area contributed by atoms with Crippen molar-refractivity contribution in [3.63, 3.8) is 0 Å². The summed E-state index contributed by atoms with van der Waals surface area (Å²) in [5, 5.41) is 16.6. The van der Waals surface area contributed by atoms with Crippen LogP contribution in [0.2, 0.25) is 0 Å². The van der Waals surface area contributed by atoms with Crippen LogP contribution in [0.15, 0.2) is 58.3 Å². The third-order valence-electron chi connectivity index (χ3n) is 4.05. The van der Waals surface area contributed by atoms with E-state index in [4.69, 9.17) is 9.15 Å². The van der Waals surface area contributed by atoms with Crippen molar-refractivity contribution in [2.75, 3.05) is 12.4 Å². The van der Waals surface area contributed by atoms with Crippen molar-refractivity contribution in [3.05, 3.63) is 69.6 Å². The number of carbonyl (C=O) groups excluding carboxylic acids is 1. The Morgan fingerprint density at radius 2 is 2.07 bits per heavy atom. The smallest absolute Gasteiger partial charge is 0.282 e. The third kappa shape index (κ3) is 3.19. The maximum Gasteiger partial charge on any atom is 0.282 e. The second-order valence-corrected chi connectivity index (χ2v) is 6.61. The molecule has 0 saturated carbocycles. The van der Waals surface area contributed by atoms with E-state index >= 15 is 0 Å². The van der Waals surface area contributed by atoms with E-state index in [1.165, 1.54) is 29.5 Å². The molecule has 0 aliphatic carbocycles. The Hall–Kier alpha value is -3.72. The number of hydrogen-bond acceptors (Lipinski definition) is 7. The average molecular weight is 395 g/mol. The topological polar surface area (TPSA) is 108 Å². The predicted octanol–water partition coefficient (Wildman–Crippen LogP) is 4.73. The van der Waals surface area contributed by atoms with E-state index in [0.29, 0.717) is 27.9 Å². The van der Waals surface area contributed by atoms with Gasteiger partial charge in [0, 0.05) is 16.8 Å². The summed E-state index contributed by atoms with van der Waals surface area (Å²) < 4.78 is 11.1. The van der Waals surface area contributed by atoms with Crippen LogP contribution in [-0.4, -0.2) is 22.9 Å². The lowest BCUT2D eigenvalue weighted by Gasteiger charge is -2.02. The predicted molar refractivity (Wildman–Crippen MR) is 105 cm³/mol. The highest BCUT2D eigenvalue weighted by Gasteiger charge is 2.20. The van der Waals surface area contributed by atoms with Crippen molar-refractivity contribution < 1.29 is 18.9 Å². The molecule has 0 aliphatic heterocycles. The SMILES string of the molecule is COc1cccc2cc(-c3csc(NC(=O)c4ccccc4[N+](=O)[O-])n3)oc12. The molecule has 0 aliphatic rings. The van der Waals surface area contributed by atoms with Crippen LogP contribution in [0.5, 0.6) is 5.75 Å². The lowest BCUT2D eigenvalue weighted by molar-refractivity contribution is -0.385. The van der Waals surface area contributed by atoms with Gasteiger partial charge < -0.3 is 9.15 Å². The van der Waals surface area contributed by atoms with Crippen LogP contribution in [0.4, 0.5) is 10.8 Å². The van der Waals surface area contributed by atoms with Gasteiger partial charge in [-0.1, -0.05) is 24.3 Å². The molecule has 1 amide bonds. The van der Waals surface area contributed by atoms with Crippen molar-refractivity contribution in [2.24, 2.45) is 0 Å². The minimum absolute atomic E-state index is 0.0299. The van der Waals surface area contributed by atoms with Crippen LogP contribution in [0.1, 0.15) is 10.4 Å². The van der Waals surface area contributed by atoms with Crippen molar-refractivity contribution >= 4 is 39.0 Å². The first-order chi connectivity index (χ1) is 13.6. The number of aromatic nitrogens is 1. The van der Waals surface area contributed by atoms with Crippen LogP contribution in [-0.2, 0) is 0 Å². The maximum atomic E-state index is 12.4. The molecule has 4 aromatic rings. The van der Waals surface area contributed by atoms with Gasteiger partial charge in [0.25, 0.3) is 11.6 Å². The van der Waals surface area contributed by atoms with E-state index in [2.05, 4.69) is 10.3 Å². The Labute approximate surface area is 162 Å². The number of ether oxygens (including phenoxy) is 1. The maximum absolute atomic E-state index is 12.4. The number of benzene rings is 2. The van der Waals surface area contributed by atoms with Crippen LogP contribution >= 0.6 is 11.3 Å². The monoisotopic (exact) mass is 395 g/mol. The fraction of sp³-hybridized carbons (Fsp3) is 0.0526. The number of anilines is 1. The highest BCUT2D eigenvalue weighted by Crippen LogP contribution is 2.34. The molecule has 0 fully saturated rings. The molecule has 140 valence electrons. The first kappa shape index (κ1) is 17.7. The van der Waals surface area contributed by atoms with E-state index in [9.17, 15) is 14.9 Å². The molecule has 8 nitrogen and oxygen atoms in total. The Bertz CT molecular complexity index is 1200. The molecule has 4 rings (SSSR count). The highest BCUT2D eigenvalue weighted by molar-refractivity contribution is 7.14. The van der Waals surface area contributed by atoms with Gasteiger partial charge >= 0.3 is 0 Å². The summed E-state index contributed by atoms with van der Waals surface area (Å²) in [6.45, 7) is 0. The third-order valence-corrected chi connectivity index (χ3v) is 4.81. The first-order valence-corrected chi connectivity index (χ1v) is 9.02. The zero-order chi connectivity index (χ0) is 19.7. The molecule has 2 heterocycles. The lowest BCUT2D eigenvalue weighted by Crippen LogP contribution is -2.13. The lowest BCUT2D eigenvalue weighted by atomic mass is 10.1. The average Bonchev–Trinajstić information content (AvgIpc) is 3.34. The highest BCUT2D eigenvalue weighted by atomic mass is 32.1. The van der Waals surface area contributed by atoms with E-state index in [0.717, 1.165) is 5.39 Å². The Morgan fingerprint density at radius 3 is 2.86 bits per heavy atom. The zero-order valence-corrected chi connectivity index (χ0v) is 15.4. The van der Waals surface area contributed by atoms with Gasteiger partial charge in [-0.2, -0.15) is 0 Å². The van der Waals surface area contributed by atoms with Crippen molar-refractivity contribution in [1.29, 1.82) is 0 Å². The molecule has 1 N–H and O–H groups in total. The number of hydrogen-bond donors (Lipinski definition) is 1. The summed E-state index contributed by atoms with van der Waals surface area (Å²) in [4.78, 5) is 27.3. The Morgan fingerprint density at radius 1 is 1.25 bits per heavy atom. The number of furan rings is 1. The molecule has 2 aromatic heterocycles. The summed E-state index contributed by atoms with van der Waals surface area (Å²) >= 11 is 1.20. The molecule has 0 atom stereocenters. The number of nitrogens with zero attached hydrogens (tertiary/aromatic N) is 2. The van der Waals surface area contributed by atoms with Crippen LogP contribution in [0, 0.1) is 10.1 Å². The van der Waals surface area contributed by atoms with Crippen LogP contribution in [0.25, 0.3) is 22.4 Å². The molecule has 0 bridgehead atoms. The largest absolute Gasteiger partial charge is 0.493 e. The molecule has 0 spiro atoms. The van der Waals surface area contributed by atoms with Gasteiger partial charge in [0.15, 0.2) is 22.2 Å². The zero-order valence-electron chi connectivity index (χ0n) is 14.5. The minimum Gasteiger partial charge on any atom is -0.493 e. The summed E-state index contributed by atoms with van der Waals surface area (Å²) in [5.74, 6) is 0.547. The number of nitro groups is 1. The van der Waals surface area contributed by atoms with Crippen molar-refractivity contribution in [3.8, 4) is 17.2 Å². The van der Waals surface area contributed by atoms with E-state index in [1.54, 1.807) is 24.6 Å². The molecule has 0 radical (unpaired) electrons. The normalized spacial score (nSPS) is 10.8. The summed E-state index contributed by atoms with van der Waals surface area (Å²) in [6, 6.07) is 13.1. The molecular weight excluding hydrogens is 382 g/mol. The van der Waals surface area contributed by atoms with E-state index in [1.807, 2.05) is 18.2 Å². The molecule has 28 heavy (non-hydrogen) atoms. The fourth-order valence-corrected chi connectivity index (χ4v) is 3.45. The summed E-state index contributed by atoms with van der Waals surface area (Å²) in [5.41, 5.74) is 0.860. The quantitative estimate of drug-likeness (QED) is 0.387. The number of thiazole rings is 1. The fourth-order valence-electron chi connectivity index (χ4n) is 2.76. The first-order valence-electron chi connectivity index (χ1n) is 8.14. The Kier molecular flexibility index (Phi) is 4.50. The number of para-hydroxylation sites is 2. The van der Waals surface area contributed by atoms with Gasteiger partial charge in [0.1, 0.15) is 11.3 Å². The number of nitro benzene ring substituents is 1. The molecule has 0 saturated heterocycles. The number of methoxy groups -OCH3 is 1. The standard InChI is InChI=1S/C19H13N3O5S/c1-26-15-8-4-5-11-9-16(27-17(11)15)13-10-28-19(20-13)21-18(23)12-6-2-3-7-14(12)22(24)25/h2-10H,1H3,(H,20,21,23). The second-order valence-electron chi connectivity index (χ2n) is 5.76. The van der Waals surface area contributed by atoms with Crippen LogP contribution < -0.4 is 10.1 Å². The molecule has 2 aromatic carbocycles. The molecule has 0 unspecified atom stereocenters. The number of fused-ring (bicyclic) bond motifs is 1. The van der Waals surface area contributed by atoms with E-state index < -0.39 is 10.8 Å². The second kappa shape index (κ2) is 7.12. The van der Waals surface area contributed by atoms with Gasteiger partial charge in [0.2, 0.25) is 0 Å². The summed E-state index contributed by atoms with van der Waals surface area (Å²) in [7, 11) is 1.57. The molecular formula is C19H13N3O5S. The number of carbonyl (C=O) groups is 1. The van der Waals surface area contributed by atoms with Gasteiger partial charge in [-0.15, -0.1) is 11.3 Å². The summed E-state index contributed by atoms with van der Waals surface area (Å²) in [6.07, 6.45) is 0. The Balaban J connectivity index is 1.60. The number of amides is 1. The van der Waals surface area contributed by atoms with Gasteiger partial charge in [-0.05, 0) is 18.2 Å². The van der Waals surface area contributed by atoms with Crippen molar-refractivity contribution in [1.82, 2.24) is 4.98 Å². The minimum atomic E-state index is -0.598. The van der Waals surface area contributed by atoms with Crippen molar-refractivity contribution in [2.45, 2.75) is 0 Å².